The number of benzene rings is 2. The van der Waals surface area contributed by atoms with E-state index in [1.807, 2.05) is 6.07 Å². The van der Waals surface area contributed by atoms with E-state index in [-0.39, 0.29) is 0 Å². The minimum Gasteiger partial charge on any atom is -0.497 e. The van der Waals surface area contributed by atoms with Crippen molar-refractivity contribution in [2.45, 2.75) is 33.7 Å². The molecule has 0 unspecified atom stereocenters. The van der Waals surface area contributed by atoms with Crippen molar-refractivity contribution in [3.05, 3.63) is 53.1 Å². The van der Waals surface area contributed by atoms with Crippen molar-refractivity contribution in [1.29, 1.82) is 0 Å². The van der Waals surface area contributed by atoms with Crippen molar-refractivity contribution in [3.8, 4) is 16.9 Å². The van der Waals surface area contributed by atoms with Gasteiger partial charge in [0.2, 0.25) is 0 Å². The van der Waals surface area contributed by atoms with Gasteiger partial charge in [-0.25, -0.2) is 0 Å². The van der Waals surface area contributed by atoms with Crippen LogP contribution in [0.5, 0.6) is 5.75 Å². The molecule has 2 aromatic carbocycles. The number of aryl methyl sites for hydroxylation is 2. The lowest BCUT2D eigenvalue weighted by Gasteiger charge is -2.13. The van der Waals surface area contributed by atoms with E-state index in [9.17, 15) is 0 Å². The SMILES string of the molecule is CCCNCc1ccc(-c2ccc(OC)cc2C)c(C)c1. The van der Waals surface area contributed by atoms with E-state index in [0.717, 1.165) is 18.8 Å². The summed E-state index contributed by atoms with van der Waals surface area (Å²) >= 11 is 0. The highest BCUT2D eigenvalue weighted by molar-refractivity contribution is 5.71. The fourth-order valence-electron chi connectivity index (χ4n) is 2.61. The summed E-state index contributed by atoms with van der Waals surface area (Å²) in [4.78, 5) is 0. The normalized spacial score (nSPS) is 10.7. The van der Waals surface area contributed by atoms with Crippen molar-refractivity contribution < 1.29 is 4.74 Å². The first-order valence-electron chi connectivity index (χ1n) is 7.61. The van der Waals surface area contributed by atoms with Crippen LogP contribution in [0, 0.1) is 13.8 Å². The summed E-state index contributed by atoms with van der Waals surface area (Å²) in [6, 6.07) is 13.0. The fourth-order valence-corrected chi connectivity index (χ4v) is 2.61. The summed E-state index contributed by atoms with van der Waals surface area (Å²) in [5.41, 5.74) is 6.49. The van der Waals surface area contributed by atoms with Gasteiger partial charge in [0.25, 0.3) is 0 Å². The Morgan fingerprint density at radius 3 is 2.19 bits per heavy atom. The monoisotopic (exact) mass is 283 g/mol. The molecule has 21 heavy (non-hydrogen) atoms. The van der Waals surface area contributed by atoms with Crippen LogP contribution in [0.25, 0.3) is 11.1 Å². The van der Waals surface area contributed by atoms with Gasteiger partial charge in [0.1, 0.15) is 5.75 Å². The topological polar surface area (TPSA) is 21.3 Å². The second-order valence-electron chi connectivity index (χ2n) is 5.51. The molecule has 2 heteroatoms. The first-order valence-corrected chi connectivity index (χ1v) is 7.61. The number of nitrogens with one attached hydrogen (secondary N) is 1. The lowest BCUT2D eigenvalue weighted by Crippen LogP contribution is -2.13. The van der Waals surface area contributed by atoms with Gasteiger partial charge >= 0.3 is 0 Å². The maximum absolute atomic E-state index is 5.28. The Hall–Kier alpha value is -1.80. The standard InChI is InChI=1S/C19H25NO/c1-5-10-20-13-16-6-8-18(14(2)11-16)19-9-7-17(21-4)12-15(19)3/h6-9,11-12,20H,5,10,13H2,1-4H3. The van der Waals surface area contributed by atoms with Gasteiger partial charge in [-0.2, -0.15) is 0 Å². The minimum absolute atomic E-state index is 0.911. The molecule has 0 bridgehead atoms. The van der Waals surface area contributed by atoms with Gasteiger partial charge in [-0.15, -0.1) is 0 Å². The second kappa shape index (κ2) is 7.28. The highest BCUT2D eigenvalue weighted by Crippen LogP contribution is 2.29. The van der Waals surface area contributed by atoms with Gasteiger partial charge in [-0.05, 0) is 66.8 Å². The van der Waals surface area contributed by atoms with E-state index >= 15 is 0 Å². The molecular weight excluding hydrogens is 258 g/mol. The summed E-state index contributed by atoms with van der Waals surface area (Å²) in [5.74, 6) is 0.911. The number of rotatable bonds is 6. The molecule has 2 nitrogen and oxygen atoms in total. The third-order valence-electron chi connectivity index (χ3n) is 3.77. The van der Waals surface area contributed by atoms with E-state index in [1.54, 1.807) is 7.11 Å². The molecule has 112 valence electrons. The zero-order valence-electron chi connectivity index (χ0n) is 13.5. The van der Waals surface area contributed by atoms with Crippen LogP contribution in [0.15, 0.2) is 36.4 Å². The van der Waals surface area contributed by atoms with E-state index in [1.165, 1.54) is 34.2 Å². The number of methoxy groups -OCH3 is 1. The molecule has 0 radical (unpaired) electrons. The molecule has 0 aliphatic heterocycles. The minimum atomic E-state index is 0.911. The summed E-state index contributed by atoms with van der Waals surface area (Å²) < 4.78 is 5.28. The Labute approximate surface area is 128 Å². The molecule has 1 N–H and O–H groups in total. The van der Waals surface area contributed by atoms with E-state index in [0.29, 0.717) is 0 Å². The molecule has 0 heterocycles. The zero-order chi connectivity index (χ0) is 15.2. The largest absolute Gasteiger partial charge is 0.497 e. The summed E-state index contributed by atoms with van der Waals surface area (Å²) in [6.45, 7) is 8.51. The van der Waals surface area contributed by atoms with Gasteiger partial charge in [0, 0.05) is 6.54 Å². The van der Waals surface area contributed by atoms with Crippen LogP contribution < -0.4 is 10.1 Å². The number of hydrogen-bond donors (Lipinski definition) is 1. The van der Waals surface area contributed by atoms with Crippen LogP contribution in [0.1, 0.15) is 30.0 Å². The predicted molar refractivity (Wildman–Crippen MR) is 89.9 cm³/mol. The first kappa shape index (κ1) is 15.6. The molecule has 0 aliphatic rings. The quantitative estimate of drug-likeness (QED) is 0.789. The van der Waals surface area contributed by atoms with Crippen LogP contribution in [0.4, 0.5) is 0 Å². The first-order chi connectivity index (χ1) is 10.2. The molecule has 0 fully saturated rings. The van der Waals surface area contributed by atoms with Crippen molar-refractivity contribution in [1.82, 2.24) is 5.32 Å². The van der Waals surface area contributed by atoms with Crippen molar-refractivity contribution in [3.63, 3.8) is 0 Å². The molecule has 2 aromatic rings. The van der Waals surface area contributed by atoms with E-state index in [4.69, 9.17) is 4.74 Å². The second-order valence-corrected chi connectivity index (χ2v) is 5.51. The lowest BCUT2D eigenvalue weighted by molar-refractivity contribution is 0.414. The molecular formula is C19H25NO. The average molecular weight is 283 g/mol. The summed E-state index contributed by atoms with van der Waals surface area (Å²) in [6.07, 6.45) is 1.17. The van der Waals surface area contributed by atoms with Crippen LogP contribution in [-0.4, -0.2) is 13.7 Å². The molecule has 0 saturated carbocycles. The zero-order valence-corrected chi connectivity index (χ0v) is 13.5. The van der Waals surface area contributed by atoms with Crippen LogP contribution in [0.2, 0.25) is 0 Å². The maximum Gasteiger partial charge on any atom is 0.119 e. The molecule has 0 aliphatic carbocycles. The third-order valence-corrected chi connectivity index (χ3v) is 3.77. The van der Waals surface area contributed by atoms with E-state index in [2.05, 4.69) is 56.4 Å². The van der Waals surface area contributed by atoms with Crippen LogP contribution in [-0.2, 0) is 6.54 Å². The average Bonchev–Trinajstić information content (AvgIpc) is 2.48. The maximum atomic E-state index is 5.28. The summed E-state index contributed by atoms with van der Waals surface area (Å²) in [7, 11) is 1.71. The molecule has 0 atom stereocenters. The molecule has 0 spiro atoms. The number of hydrogen-bond acceptors (Lipinski definition) is 2. The molecule has 0 amide bonds. The van der Waals surface area contributed by atoms with Crippen LogP contribution in [0.3, 0.4) is 0 Å². The highest BCUT2D eigenvalue weighted by atomic mass is 16.5. The smallest absolute Gasteiger partial charge is 0.119 e. The molecule has 0 aromatic heterocycles. The van der Waals surface area contributed by atoms with Gasteiger partial charge < -0.3 is 10.1 Å². The van der Waals surface area contributed by atoms with Gasteiger partial charge in [0.05, 0.1) is 7.11 Å². The number of ether oxygens (including phenoxy) is 1. The Kier molecular flexibility index (Phi) is 5.40. The third kappa shape index (κ3) is 3.85. The van der Waals surface area contributed by atoms with Gasteiger partial charge in [-0.3, -0.25) is 0 Å². The van der Waals surface area contributed by atoms with Crippen molar-refractivity contribution in [2.24, 2.45) is 0 Å². The predicted octanol–water partition coefficient (Wildman–Crippen LogP) is 4.48. The van der Waals surface area contributed by atoms with E-state index < -0.39 is 0 Å². The summed E-state index contributed by atoms with van der Waals surface area (Å²) in [5, 5.41) is 3.45. The fraction of sp³-hybridized carbons (Fsp3) is 0.368. The van der Waals surface area contributed by atoms with Crippen LogP contribution >= 0.6 is 0 Å². The Morgan fingerprint density at radius 2 is 1.62 bits per heavy atom. The van der Waals surface area contributed by atoms with Gasteiger partial charge in [0.15, 0.2) is 0 Å². The Morgan fingerprint density at radius 1 is 0.952 bits per heavy atom. The van der Waals surface area contributed by atoms with Gasteiger partial charge in [-0.1, -0.05) is 31.2 Å². The van der Waals surface area contributed by atoms with Crippen molar-refractivity contribution in [2.75, 3.05) is 13.7 Å². The highest BCUT2D eigenvalue weighted by Gasteiger charge is 2.07. The Bertz CT molecular complexity index is 605. The Balaban J connectivity index is 2.24. The molecule has 0 saturated heterocycles. The molecule has 2 rings (SSSR count). The van der Waals surface area contributed by atoms with Crippen molar-refractivity contribution >= 4 is 0 Å². The lowest BCUT2D eigenvalue weighted by atomic mass is 9.95.